The predicted molar refractivity (Wildman–Crippen MR) is 124 cm³/mol. The summed E-state index contributed by atoms with van der Waals surface area (Å²) in [5.74, 6) is 0. The van der Waals surface area contributed by atoms with Crippen LogP contribution in [-0.2, 0) is 11.2 Å². The van der Waals surface area contributed by atoms with Gasteiger partial charge in [-0.05, 0) is 45.9 Å². The maximum atomic E-state index is 6.58. The van der Waals surface area contributed by atoms with E-state index in [-0.39, 0.29) is 10.9 Å². The van der Waals surface area contributed by atoms with E-state index in [0.717, 1.165) is 31.1 Å². The third kappa shape index (κ3) is 4.59. The molecule has 28 heavy (non-hydrogen) atoms. The Labute approximate surface area is 184 Å². The fourth-order valence-corrected chi connectivity index (χ4v) is 5.67. The molecule has 0 amide bonds. The smallest absolute Gasteiger partial charge is 0.110 e. The van der Waals surface area contributed by atoms with Crippen LogP contribution in [0.3, 0.4) is 0 Å². The number of rotatable bonds is 6. The molecule has 0 aliphatic carbocycles. The lowest BCUT2D eigenvalue weighted by Gasteiger charge is -2.43. The van der Waals surface area contributed by atoms with Crippen molar-refractivity contribution in [3.8, 4) is 0 Å². The Bertz CT molecular complexity index is 885. The molecule has 2 aromatic carbocycles. The Kier molecular flexibility index (Phi) is 6.67. The number of benzene rings is 2. The van der Waals surface area contributed by atoms with Crippen molar-refractivity contribution in [2.75, 3.05) is 19.7 Å². The summed E-state index contributed by atoms with van der Waals surface area (Å²) < 4.78 is 7.76. The number of pyridine rings is 1. The van der Waals surface area contributed by atoms with Crippen molar-refractivity contribution in [3.63, 3.8) is 0 Å². The zero-order valence-corrected chi connectivity index (χ0v) is 18.5. The van der Waals surface area contributed by atoms with Gasteiger partial charge in [0.25, 0.3) is 0 Å². The van der Waals surface area contributed by atoms with Gasteiger partial charge in [0.2, 0.25) is 0 Å². The molecule has 2 atom stereocenters. The van der Waals surface area contributed by atoms with E-state index in [4.69, 9.17) is 4.74 Å². The van der Waals surface area contributed by atoms with Gasteiger partial charge in [-0.25, -0.2) is 4.98 Å². The van der Waals surface area contributed by atoms with Crippen LogP contribution in [0.4, 0.5) is 0 Å². The molecule has 4 rings (SSSR count). The first-order valence-electron chi connectivity index (χ1n) is 9.48. The number of nitrogens with zero attached hydrogens (tertiary/aromatic N) is 1. The van der Waals surface area contributed by atoms with Gasteiger partial charge < -0.3 is 10.1 Å². The van der Waals surface area contributed by atoms with E-state index in [0.29, 0.717) is 0 Å². The largest absolute Gasteiger partial charge is 0.370 e. The Balaban J connectivity index is 1.76. The molecule has 144 valence electrons. The van der Waals surface area contributed by atoms with Gasteiger partial charge in [-0.3, -0.25) is 0 Å². The number of halogens is 1. The molecule has 1 saturated heterocycles. The first kappa shape index (κ1) is 19.9. The van der Waals surface area contributed by atoms with Gasteiger partial charge in [-0.15, -0.1) is 0 Å². The van der Waals surface area contributed by atoms with Crippen LogP contribution in [0.5, 0.6) is 0 Å². The standard InChI is InChI=1S/C23H23IN2OS/c24-20-12-7-13-26-22(20)28-21(19-10-5-2-6-11-19)23(17-25-14-15-27-23)16-18-8-3-1-4-9-18/h1-13,21,25H,14-17H2/t21-,23-/m0/s1. The molecule has 3 nitrogen and oxygen atoms in total. The topological polar surface area (TPSA) is 34.2 Å². The second-order valence-corrected chi connectivity index (χ2v) is 9.21. The van der Waals surface area contributed by atoms with Gasteiger partial charge in [0.15, 0.2) is 0 Å². The van der Waals surface area contributed by atoms with E-state index in [2.05, 4.69) is 99.6 Å². The maximum Gasteiger partial charge on any atom is 0.110 e. The molecule has 1 aliphatic heterocycles. The van der Waals surface area contributed by atoms with Crippen LogP contribution in [0.1, 0.15) is 16.4 Å². The molecule has 0 spiro atoms. The van der Waals surface area contributed by atoms with Crippen molar-refractivity contribution < 1.29 is 4.74 Å². The molecular weight excluding hydrogens is 479 g/mol. The lowest BCUT2D eigenvalue weighted by Crippen LogP contribution is -2.54. The molecule has 1 aromatic heterocycles. The normalized spacial score (nSPS) is 20.6. The average molecular weight is 502 g/mol. The first-order chi connectivity index (χ1) is 13.8. The highest BCUT2D eigenvalue weighted by atomic mass is 127. The minimum atomic E-state index is -0.341. The highest BCUT2D eigenvalue weighted by molar-refractivity contribution is 14.1. The molecule has 0 saturated carbocycles. The molecule has 0 bridgehead atoms. The monoisotopic (exact) mass is 502 g/mol. The van der Waals surface area contributed by atoms with Crippen molar-refractivity contribution in [2.24, 2.45) is 0 Å². The first-order valence-corrected chi connectivity index (χ1v) is 11.4. The Morgan fingerprint density at radius 3 is 2.46 bits per heavy atom. The van der Waals surface area contributed by atoms with Crippen molar-refractivity contribution in [3.05, 3.63) is 93.7 Å². The van der Waals surface area contributed by atoms with Crippen LogP contribution in [0.2, 0.25) is 0 Å². The second kappa shape index (κ2) is 9.39. The third-order valence-corrected chi connectivity index (χ3v) is 7.70. The minimum absolute atomic E-state index is 0.130. The van der Waals surface area contributed by atoms with E-state index in [9.17, 15) is 0 Å². The highest BCUT2D eigenvalue weighted by Crippen LogP contribution is 2.47. The predicted octanol–water partition coefficient (Wildman–Crippen LogP) is 5.12. The van der Waals surface area contributed by atoms with Gasteiger partial charge in [-0.2, -0.15) is 0 Å². The summed E-state index contributed by atoms with van der Waals surface area (Å²) >= 11 is 4.18. The zero-order valence-electron chi connectivity index (χ0n) is 15.6. The molecule has 0 radical (unpaired) electrons. The van der Waals surface area contributed by atoms with E-state index >= 15 is 0 Å². The summed E-state index contributed by atoms with van der Waals surface area (Å²) in [4.78, 5) is 4.66. The summed E-state index contributed by atoms with van der Waals surface area (Å²) in [7, 11) is 0. The van der Waals surface area contributed by atoms with Crippen LogP contribution in [0.15, 0.2) is 84.0 Å². The SMILES string of the molecule is Ic1cccnc1S[C@@H](c1ccccc1)[C@]1(Cc2ccccc2)CNCCO1. The molecule has 0 unspecified atom stereocenters. The van der Waals surface area contributed by atoms with Gasteiger partial charge >= 0.3 is 0 Å². The molecule has 3 aromatic rings. The van der Waals surface area contributed by atoms with Crippen molar-refractivity contribution in [1.29, 1.82) is 0 Å². The van der Waals surface area contributed by atoms with Crippen LogP contribution < -0.4 is 5.32 Å². The van der Waals surface area contributed by atoms with E-state index in [1.54, 1.807) is 0 Å². The Hall–Kier alpha value is -1.41. The lowest BCUT2D eigenvalue weighted by molar-refractivity contribution is -0.0670. The van der Waals surface area contributed by atoms with E-state index in [1.807, 2.05) is 24.0 Å². The summed E-state index contributed by atoms with van der Waals surface area (Å²) in [6.45, 7) is 2.43. The van der Waals surface area contributed by atoms with Crippen LogP contribution in [0, 0.1) is 3.57 Å². The summed E-state index contributed by atoms with van der Waals surface area (Å²) in [6.07, 6.45) is 2.73. The molecule has 5 heteroatoms. The molecule has 1 N–H and O–H groups in total. The van der Waals surface area contributed by atoms with Crippen molar-refractivity contribution in [1.82, 2.24) is 10.3 Å². The van der Waals surface area contributed by atoms with Gasteiger partial charge in [-0.1, -0.05) is 72.4 Å². The highest BCUT2D eigenvalue weighted by Gasteiger charge is 2.43. The third-order valence-electron chi connectivity index (χ3n) is 4.97. The molecule has 1 fully saturated rings. The average Bonchev–Trinajstić information content (AvgIpc) is 2.75. The number of morpholine rings is 1. The van der Waals surface area contributed by atoms with Crippen molar-refractivity contribution in [2.45, 2.75) is 22.3 Å². The van der Waals surface area contributed by atoms with Crippen LogP contribution in [-0.4, -0.2) is 30.3 Å². The number of nitrogens with one attached hydrogen (secondary N) is 1. The van der Waals surface area contributed by atoms with Gasteiger partial charge in [0, 0.05) is 29.3 Å². The molecule has 1 aliphatic rings. The number of thioether (sulfide) groups is 1. The maximum absolute atomic E-state index is 6.58. The minimum Gasteiger partial charge on any atom is -0.370 e. The second-order valence-electron chi connectivity index (χ2n) is 6.95. The van der Waals surface area contributed by atoms with Crippen LogP contribution in [0.25, 0.3) is 0 Å². The number of hydrogen-bond donors (Lipinski definition) is 1. The zero-order chi connectivity index (χ0) is 19.2. The van der Waals surface area contributed by atoms with E-state index < -0.39 is 0 Å². The Morgan fingerprint density at radius 1 is 1.04 bits per heavy atom. The number of hydrogen-bond acceptors (Lipinski definition) is 4. The van der Waals surface area contributed by atoms with Gasteiger partial charge in [0.1, 0.15) is 10.6 Å². The fourth-order valence-electron chi connectivity index (χ4n) is 3.67. The molecular formula is C23H23IN2OS. The summed E-state index contributed by atoms with van der Waals surface area (Å²) in [5, 5.41) is 4.77. The quantitative estimate of drug-likeness (QED) is 0.375. The molecule has 2 heterocycles. The van der Waals surface area contributed by atoms with Crippen molar-refractivity contribution >= 4 is 34.4 Å². The summed E-state index contributed by atoms with van der Waals surface area (Å²) in [6, 6.07) is 25.5. The summed E-state index contributed by atoms with van der Waals surface area (Å²) in [5.41, 5.74) is 2.23. The lowest BCUT2D eigenvalue weighted by atomic mass is 9.86. The Morgan fingerprint density at radius 2 is 1.79 bits per heavy atom. The fraction of sp³-hybridized carbons (Fsp3) is 0.261. The van der Waals surface area contributed by atoms with Crippen LogP contribution >= 0.6 is 34.4 Å². The number of aromatic nitrogens is 1. The number of ether oxygens (including phenoxy) is 1. The van der Waals surface area contributed by atoms with Gasteiger partial charge in [0.05, 0.1) is 11.9 Å². The van der Waals surface area contributed by atoms with E-state index in [1.165, 1.54) is 14.7 Å².